The summed E-state index contributed by atoms with van der Waals surface area (Å²) in [5, 5.41) is 3.26. The monoisotopic (exact) mass is 433 g/mol. The third kappa shape index (κ3) is 3.94. The molecule has 5 rings (SSSR count). The molecule has 3 aromatic rings. The van der Waals surface area contributed by atoms with Gasteiger partial charge in [-0.1, -0.05) is 36.4 Å². The number of benzene rings is 2. The van der Waals surface area contributed by atoms with Crippen LogP contribution in [0, 0.1) is 0 Å². The SMILES string of the molecule is O=C(c1[nH]c(=O)n(-c2cccc(N3CCOCC3)c2)c1-c1ccccc1)N1CCNCC1. The molecule has 0 saturated carbocycles. The molecule has 0 unspecified atom stereocenters. The first-order valence-electron chi connectivity index (χ1n) is 11.1. The van der Waals surface area contributed by atoms with Crippen LogP contribution in [0.4, 0.5) is 5.69 Å². The molecule has 2 saturated heterocycles. The molecule has 2 aromatic carbocycles. The van der Waals surface area contributed by atoms with Crippen molar-refractivity contribution in [3.05, 3.63) is 70.8 Å². The van der Waals surface area contributed by atoms with E-state index in [0.717, 1.165) is 43.1 Å². The van der Waals surface area contributed by atoms with E-state index in [1.807, 2.05) is 54.6 Å². The topological polar surface area (TPSA) is 82.6 Å². The van der Waals surface area contributed by atoms with Gasteiger partial charge in [0.2, 0.25) is 0 Å². The molecule has 8 heteroatoms. The standard InChI is InChI=1S/C24H27N5O3/c30-23(28-11-9-25-10-12-28)21-22(18-5-2-1-3-6-18)29(24(31)26-21)20-8-4-7-19(17-20)27-13-15-32-16-14-27/h1-8,17,25H,9-16H2,(H,26,31). The molecule has 166 valence electrons. The zero-order valence-electron chi connectivity index (χ0n) is 17.9. The van der Waals surface area contributed by atoms with Gasteiger partial charge in [-0.05, 0) is 18.2 Å². The lowest BCUT2D eigenvalue weighted by molar-refractivity contribution is 0.0731. The van der Waals surface area contributed by atoms with Crippen molar-refractivity contribution in [1.82, 2.24) is 19.8 Å². The number of nitrogens with one attached hydrogen (secondary N) is 2. The fraction of sp³-hybridized carbons (Fsp3) is 0.333. The highest BCUT2D eigenvalue weighted by atomic mass is 16.5. The van der Waals surface area contributed by atoms with Gasteiger partial charge >= 0.3 is 5.69 Å². The highest BCUT2D eigenvalue weighted by Crippen LogP contribution is 2.28. The Kier molecular flexibility index (Phi) is 5.79. The summed E-state index contributed by atoms with van der Waals surface area (Å²) in [5.41, 5.74) is 3.20. The van der Waals surface area contributed by atoms with Crippen molar-refractivity contribution in [3.8, 4) is 16.9 Å². The van der Waals surface area contributed by atoms with Crippen molar-refractivity contribution in [2.45, 2.75) is 0 Å². The Morgan fingerprint density at radius 2 is 1.59 bits per heavy atom. The summed E-state index contributed by atoms with van der Waals surface area (Å²) in [6.07, 6.45) is 0. The number of piperazine rings is 1. The third-order valence-electron chi connectivity index (χ3n) is 6.02. The van der Waals surface area contributed by atoms with Crippen molar-refractivity contribution in [2.75, 3.05) is 57.4 Å². The molecule has 2 N–H and O–H groups in total. The first-order chi connectivity index (χ1) is 15.7. The van der Waals surface area contributed by atoms with E-state index in [2.05, 4.69) is 15.2 Å². The molecule has 8 nitrogen and oxygen atoms in total. The number of carbonyl (C=O) groups excluding carboxylic acids is 1. The summed E-state index contributed by atoms with van der Waals surface area (Å²) >= 11 is 0. The molecule has 1 aromatic heterocycles. The van der Waals surface area contributed by atoms with Crippen molar-refractivity contribution in [2.24, 2.45) is 0 Å². The van der Waals surface area contributed by atoms with E-state index in [1.165, 1.54) is 0 Å². The van der Waals surface area contributed by atoms with Crippen LogP contribution in [-0.2, 0) is 4.74 Å². The lowest BCUT2D eigenvalue weighted by atomic mass is 10.1. The van der Waals surface area contributed by atoms with Gasteiger partial charge in [0, 0.05) is 50.5 Å². The highest BCUT2D eigenvalue weighted by molar-refractivity contribution is 5.98. The van der Waals surface area contributed by atoms with Crippen LogP contribution >= 0.6 is 0 Å². The molecule has 32 heavy (non-hydrogen) atoms. The van der Waals surface area contributed by atoms with E-state index in [9.17, 15) is 9.59 Å². The number of hydrogen-bond donors (Lipinski definition) is 2. The summed E-state index contributed by atoms with van der Waals surface area (Å²) in [6.45, 7) is 5.73. The van der Waals surface area contributed by atoms with Gasteiger partial charge in [-0.3, -0.25) is 9.36 Å². The van der Waals surface area contributed by atoms with Gasteiger partial charge in [0.1, 0.15) is 5.69 Å². The van der Waals surface area contributed by atoms with Crippen molar-refractivity contribution >= 4 is 11.6 Å². The zero-order chi connectivity index (χ0) is 21.9. The second kappa shape index (κ2) is 9.02. The Hall–Kier alpha value is -3.36. The normalized spacial score (nSPS) is 16.9. The molecule has 0 bridgehead atoms. The summed E-state index contributed by atoms with van der Waals surface area (Å²) < 4.78 is 7.09. The average molecular weight is 434 g/mol. The van der Waals surface area contributed by atoms with E-state index in [1.54, 1.807) is 9.47 Å². The summed E-state index contributed by atoms with van der Waals surface area (Å²) in [5.74, 6) is -0.148. The number of H-pyrrole nitrogens is 1. The molecule has 0 aliphatic carbocycles. The van der Waals surface area contributed by atoms with Gasteiger partial charge < -0.3 is 24.8 Å². The van der Waals surface area contributed by atoms with Crippen LogP contribution in [-0.4, -0.2) is 72.8 Å². The number of amides is 1. The maximum absolute atomic E-state index is 13.4. The fourth-order valence-electron chi connectivity index (χ4n) is 4.38. The quantitative estimate of drug-likeness (QED) is 0.655. The van der Waals surface area contributed by atoms with Crippen LogP contribution in [0.1, 0.15) is 10.5 Å². The lowest BCUT2D eigenvalue weighted by Gasteiger charge is -2.29. The van der Waals surface area contributed by atoms with Gasteiger partial charge in [-0.2, -0.15) is 0 Å². The number of rotatable bonds is 4. The molecule has 0 atom stereocenters. The number of carbonyl (C=O) groups is 1. The minimum absolute atomic E-state index is 0.148. The maximum atomic E-state index is 13.4. The Balaban J connectivity index is 1.62. The Morgan fingerprint density at radius 1 is 0.875 bits per heavy atom. The first-order valence-corrected chi connectivity index (χ1v) is 11.1. The molecular formula is C24H27N5O3. The van der Waals surface area contributed by atoms with Crippen LogP contribution in [0.5, 0.6) is 0 Å². The van der Waals surface area contributed by atoms with Crippen molar-refractivity contribution in [1.29, 1.82) is 0 Å². The van der Waals surface area contributed by atoms with E-state index in [-0.39, 0.29) is 11.6 Å². The number of aromatic amines is 1. The number of ether oxygens (including phenoxy) is 1. The molecule has 1 amide bonds. The van der Waals surface area contributed by atoms with E-state index in [0.29, 0.717) is 37.7 Å². The van der Waals surface area contributed by atoms with Gasteiger partial charge in [-0.15, -0.1) is 0 Å². The molecule has 2 fully saturated rings. The predicted octanol–water partition coefficient (Wildman–Crippen LogP) is 1.71. The predicted molar refractivity (Wildman–Crippen MR) is 124 cm³/mol. The van der Waals surface area contributed by atoms with E-state index >= 15 is 0 Å². The minimum atomic E-state index is -0.318. The number of nitrogens with zero attached hydrogens (tertiary/aromatic N) is 3. The Labute approximate surface area is 186 Å². The molecule has 2 aliphatic rings. The second-order valence-corrected chi connectivity index (χ2v) is 8.02. The lowest BCUT2D eigenvalue weighted by Crippen LogP contribution is -2.46. The summed E-state index contributed by atoms with van der Waals surface area (Å²) in [6, 6.07) is 17.5. The number of imidazole rings is 1. The maximum Gasteiger partial charge on any atom is 0.331 e. The van der Waals surface area contributed by atoms with Gasteiger partial charge in [0.05, 0.1) is 24.6 Å². The van der Waals surface area contributed by atoms with Crippen molar-refractivity contribution in [3.63, 3.8) is 0 Å². The van der Waals surface area contributed by atoms with Crippen LogP contribution in [0.2, 0.25) is 0 Å². The average Bonchev–Trinajstić information content (AvgIpc) is 3.22. The third-order valence-corrected chi connectivity index (χ3v) is 6.02. The second-order valence-electron chi connectivity index (χ2n) is 8.02. The van der Waals surface area contributed by atoms with Gasteiger partial charge in [-0.25, -0.2) is 4.79 Å². The van der Waals surface area contributed by atoms with E-state index < -0.39 is 0 Å². The molecule has 2 aliphatic heterocycles. The fourth-order valence-corrected chi connectivity index (χ4v) is 4.38. The molecular weight excluding hydrogens is 406 g/mol. The van der Waals surface area contributed by atoms with Crippen LogP contribution in [0.15, 0.2) is 59.4 Å². The Bertz CT molecular complexity index is 1140. The highest BCUT2D eigenvalue weighted by Gasteiger charge is 2.27. The van der Waals surface area contributed by atoms with Crippen LogP contribution in [0.3, 0.4) is 0 Å². The number of aromatic nitrogens is 2. The van der Waals surface area contributed by atoms with Gasteiger partial charge in [0.15, 0.2) is 0 Å². The van der Waals surface area contributed by atoms with E-state index in [4.69, 9.17) is 4.74 Å². The molecule has 3 heterocycles. The van der Waals surface area contributed by atoms with Crippen LogP contribution < -0.4 is 15.9 Å². The first kappa shape index (κ1) is 20.5. The number of morpholine rings is 1. The molecule has 0 radical (unpaired) electrons. The number of anilines is 1. The van der Waals surface area contributed by atoms with Crippen molar-refractivity contribution < 1.29 is 9.53 Å². The minimum Gasteiger partial charge on any atom is -0.378 e. The summed E-state index contributed by atoms with van der Waals surface area (Å²) in [4.78, 5) is 33.5. The largest absolute Gasteiger partial charge is 0.378 e. The van der Waals surface area contributed by atoms with Crippen LogP contribution in [0.25, 0.3) is 16.9 Å². The Morgan fingerprint density at radius 3 is 2.34 bits per heavy atom. The zero-order valence-corrected chi connectivity index (χ0v) is 17.9. The number of hydrogen-bond acceptors (Lipinski definition) is 5. The van der Waals surface area contributed by atoms with Gasteiger partial charge in [0.25, 0.3) is 5.91 Å². The summed E-state index contributed by atoms with van der Waals surface area (Å²) in [7, 11) is 0. The molecule has 0 spiro atoms. The smallest absolute Gasteiger partial charge is 0.331 e.